The Bertz CT molecular complexity index is 1160. The normalized spacial score (nSPS) is 28.5. The summed E-state index contributed by atoms with van der Waals surface area (Å²) in [5, 5.41) is 2.92. The molecule has 4 aliphatic rings. The first kappa shape index (κ1) is 21.3. The van der Waals surface area contributed by atoms with Gasteiger partial charge in [0.2, 0.25) is 0 Å². The molecule has 0 saturated carbocycles. The van der Waals surface area contributed by atoms with Crippen molar-refractivity contribution in [2.45, 2.75) is 25.0 Å². The zero-order valence-electron chi connectivity index (χ0n) is 18.8. The van der Waals surface area contributed by atoms with E-state index < -0.39 is 16.6 Å². The van der Waals surface area contributed by atoms with Crippen molar-refractivity contribution in [3.8, 4) is 5.75 Å². The van der Waals surface area contributed by atoms with Crippen LogP contribution in [-0.4, -0.2) is 50.7 Å². The Balaban J connectivity index is 1.50. The number of amides is 1. The second kappa shape index (κ2) is 7.48. The van der Waals surface area contributed by atoms with Gasteiger partial charge in [0.25, 0.3) is 11.9 Å². The quantitative estimate of drug-likeness (QED) is 0.731. The number of aliphatic imine (C=N–C) groups is 2. The maximum absolute atomic E-state index is 12.9. The fraction of sp³-hybridized carbons (Fsp3) is 0.375. The van der Waals surface area contributed by atoms with Gasteiger partial charge in [0.15, 0.2) is 0 Å². The van der Waals surface area contributed by atoms with E-state index in [0.29, 0.717) is 30.4 Å². The first-order valence-corrected chi connectivity index (χ1v) is 10.7. The van der Waals surface area contributed by atoms with Crippen LogP contribution in [-0.2, 0) is 24.5 Å². The van der Waals surface area contributed by atoms with Crippen molar-refractivity contribution in [2.24, 2.45) is 21.1 Å². The molecule has 3 N–H and O–H groups in total. The Morgan fingerprint density at radius 1 is 1.18 bits per heavy atom. The number of benzene rings is 1. The zero-order valence-corrected chi connectivity index (χ0v) is 18.8. The van der Waals surface area contributed by atoms with Crippen molar-refractivity contribution in [3.63, 3.8) is 0 Å². The molecule has 0 bridgehead atoms. The number of carbonyl (C=O) groups is 1. The summed E-state index contributed by atoms with van der Waals surface area (Å²) in [6.07, 6.45) is 8.41. The summed E-state index contributed by atoms with van der Waals surface area (Å²) in [7, 11) is 1.55. The van der Waals surface area contributed by atoms with Crippen LogP contribution in [0.1, 0.15) is 19.4 Å². The lowest BCUT2D eigenvalue weighted by Gasteiger charge is -2.61. The molecule has 1 aromatic rings. The lowest BCUT2D eigenvalue weighted by atomic mass is 9.55. The van der Waals surface area contributed by atoms with Crippen LogP contribution in [0.3, 0.4) is 0 Å². The number of carbonyl (C=O) groups excluding carboxylic acids is 1. The Morgan fingerprint density at radius 3 is 2.64 bits per heavy atom. The van der Waals surface area contributed by atoms with Gasteiger partial charge < -0.3 is 30.0 Å². The van der Waals surface area contributed by atoms with Gasteiger partial charge in [-0.15, -0.1) is 0 Å². The molecule has 1 unspecified atom stereocenters. The third-order valence-corrected chi connectivity index (χ3v) is 6.84. The number of anilines is 1. The van der Waals surface area contributed by atoms with Crippen molar-refractivity contribution in [1.82, 2.24) is 0 Å². The molecule has 33 heavy (non-hydrogen) atoms. The topological polar surface area (TPSA) is 117 Å². The molecular formula is C24H26N4O5. The molecule has 9 heteroatoms. The fourth-order valence-corrected chi connectivity index (χ4v) is 4.82. The molecule has 1 amide bonds. The summed E-state index contributed by atoms with van der Waals surface area (Å²) >= 11 is 0. The zero-order chi connectivity index (χ0) is 23.3. The summed E-state index contributed by atoms with van der Waals surface area (Å²) in [5.41, 5.74) is 5.84. The molecule has 0 radical (unpaired) electrons. The molecule has 0 aliphatic carbocycles. The van der Waals surface area contributed by atoms with Crippen molar-refractivity contribution >= 4 is 23.8 Å². The molecule has 4 heterocycles. The minimum atomic E-state index is -0.772. The number of hydrogen-bond acceptors (Lipinski definition) is 8. The first-order chi connectivity index (χ1) is 15.8. The fourth-order valence-electron chi connectivity index (χ4n) is 4.82. The predicted octanol–water partition coefficient (Wildman–Crippen LogP) is 2.41. The standard InChI is InChI=1S/C24H26N4O5/c1-22(2)23(12-31-13-23)24(14-32-21(25)28-24)17-10-15(8-9-19(17)33-22)27-20(29)18-7-5-4-6-16(30-3)11-26-18/h4-11H,12-14H2,1-3H3,(H2,25,28)(H,27,29)/b5-4+,6-4?,7-5?,16-6?,16-11?,18-7-,26-11?,26-18?. The van der Waals surface area contributed by atoms with Gasteiger partial charge in [0.05, 0.1) is 32.0 Å². The molecule has 2 spiro atoms. The van der Waals surface area contributed by atoms with Gasteiger partial charge >= 0.3 is 0 Å². The van der Waals surface area contributed by atoms with Gasteiger partial charge in [-0.1, -0.05) is 12.2 Å². The van der Waals surface area contributed by atoms with E-state index in [1.807, 2.05) is 26.0 Å². The van der Waals surface area contributed by atoms with Crippen LogP contribution >= 0.6 is 0 Å². The average Bonchev–Trinajstić information content (AvgIpc) is 3.09. The Morgan fingerprint density at radius 2 is 1.97 bits per heavy atom. The molecule has 0 aromatic heterocycles. The van der Waals surface area contributed by atoms with E-state index in [-0.39, 0.29) is 24.2 Å². The number of ether oxygens (including phenoxy) is 4. The largest absolute Gasteiger partial charge is 0.495 e. The molecule has 1 atom stereocenters. The van der Waals surface area contributed by atoms with E-state index in [2.05, 4.69) is 10.3 Å². The van der Waals surface area contributed by atoms with Gasteiger partial charge in [-0.25, -0.2) is 9.98 Å². The van der Waals surface area contributed by atoms with Gasteiger partial charge in [-0.05, 0) is 44.2 Å². The van der Waals surface area contributed by atoms with Gasteiger partial charge in [0, 0.05) is 11.3 Å². The van der Waals surface area contributed by atoms with E-state index in [9.17, 15) is 4.79 Å². The van der Waals surface area contributed by atoms with Crippen molar-refractivity contribution in [3.05, 3.63) is 59.5 Å². The van der Waals surface area contributed by atoms with Crippen LogP contribution in [0.4, 0.5) is 5.69 Å². The maximum atomic E-state index is 12.9. The number of nitrogens with two attached hydrogens (primary N) is 1. The highest BCUT2D eigenvalue weighted by atomic mass is 16.5. The summed E-state index contributed by atoms with van der Waals surface area (Å²) < 4.78 is 22.9. The Hall–Kier alpha value is -3.59. The minimum Gasteiger partial charge on any atom is -0.495 e. The molecule has 1 saturated heterocycles. The van der Waals surface area contributed by atoms with Crippen molar-refractivity contribution in [2.75, 3.05) is 32.2 Å². The SMILES string of the molecule is COC1=C/C=C/C=C(/C(=O)Nc2ccc3c(c2)C2(COC(N)=N2)C2(COC2)C(C)(C)O3)N=C1. The Labute approximate surface area is 191 Å². The van der Waals surface area contributed by atoms with E-state index in [1.54, 1.807) is 37.5 Å². The highest BCUT2D eigenvalue weighted by Crippen LogP contribution is 2.62. The first-order valence-electron chi connectivity index (χ1n) is 10.7. The van der Waals surface area contributed by atoms with Gasteiger partial charge in [-0.2, -0.15) is 0 Å². The molecule has 1 aromatic carbocycles. The molecule has 172 valence electrons. The number of nitrogens with one attached hydrogen (secondary N) is 1. The van der Waals surface area contributed by atoms with Crippen molar-refractivity contribution in [1.29, 1.82) is 0 Å². The summed E-state index contributed by atoms with van der Waals surface area (Å²) in [5.74, 6) is 0.870. The average molecular weight is 450 g/mol. The summed E-state index contributed by atoms with van der Waals surface area (Å²) in [6, 6.07) is 5.65. The molecule has 5 rings (SSSR count). The molecule has 9 nitrogen and oxygen atoms in total. The van der Waals surface area contributed by atoms with Gasteiger partial charge in [0.1, 0.15) is 35.0 Å². The maximum Gasteiger partial charge on any atom is 0.283 e. The number of hydrogen-bond donors (Lipinski definition) is 2. The molecular weight excluding hydrogens is 424 g/mol. The summed E-state index contributed by atoms with van der Waals surface area (Å²) in [6.45, 7) is 5.30. The lowest BCUT2D eigenvalue weighted by Crippen LogP contribution is -2.71. The smallest absolute Gasteiger partial charge is 0.283 e. The van der Waals surface area contributed by atoms with E-state index in [1.165, 1.54) is 6.21 Å². The van der Waals surface area contributed by atoms with Crippen LogP contribution in [0.5, 0.6) is 5.75 Å². The Kier molecular flexibility index (Phi) is 4.82. The predicted molar refractivity (Wildman–Crippen MR) is 123 cm³/mol. The number of amidine groups is 1. The van der Waals surface area contributed by atoms with Crippen molar-refractivity contribution < 1.29 is 23.7 Å². The second-order valence-electron chi connectivity index (χ2n) is 8.92. The van der Waals surface area contributed by atoms with Crippen LogP contribution in [0.15, 0.2) is 63.9 Å². The van der Waals surface area contributed by atoms with E-state index >= 15 is 0 Å². The minimum absolute atomic E-state index is 0.141. The second-order valence-corrected chi connectivity index (χ2v) is 8.92. The number of rotatable bonds is 3. The summed E-state index contributed by atoms with van der Waals surface area (Å²) in [4.78, 5) is 22.0. The van der Waals surface area contributed by atoms with Crippen LogP contribution in [0, 0.1) is 5.41 Å². The van der Waals surface area contributed by atoms with Gasteiger partial charge in [-0.3, -0.25) is 4.79 Å². The van der Waals surface area contributed by atoms with Crippen LogP contribution in [0.2, 0.25) is 0 Å². The molecule has 4 aliphatic heterocycles. The number of methoxy groups -OCH3 is 1. The molecule has 1 fully saturated rings. The third-order valence-electron chi connectivity index (χ3n) is 6.84. The number of fused-ring (bicyclic) bond motifs is 3. The van der Waals surface area contributed by atoms with E-state index in [4.69, 9.17) is 29.7 Å². The lowest BCUT2D eigenvalue weighted by molar-refractivity contribution is -0.247. The highest BCUT2D eigenvalue weighted by molar-refractivity contribution is 6.05. The monoisotopic (exact) mass is 450 g/mol. The number of nitrogens with zero attached hydrogens (tertiary/aromatic N) is 2. The van der Waals surface area contributed by atoms with Crippen LogP contribution < -0.4 is 15.8 Å². The highest BCUT2D eigenvalue weighted by Gasteiger charge is 2.71. The van der Waals surface area contributed by atoms with Crippen LogP contribution in [0.25, 0.3) is 0 Å². The van der Waals surface area contributed by atoms with E-state index in [0.717, 1.165) is 5.56 Å². The number of allylic oxidation sites excluding steroid dienone is 5. The third kappa shape index (κ3) is 3.14.